The molecule has 176 valence electrons. The molecule has 0 spiro atoms. The van der Waals surface area contributed by atoms with Crippen LogP contribution in [0, 0.1) is 0 Å². The predicted octanol–water partition coefficient (Wildman–Crippen LogP) is 7.00. The molecule has 1 heterocycles. The predicted molar refractivity (Wildman–Crippen MR) is 131 cm³/mol. The molecule has 4 aromatic rings. The second-order valence-corrected chi connectivity index (χ2v) is 8.80. The first-order chi connectivity index (χ1) is 16.8. The van der Waals surface area contributed by atoms with Crippen LogP contribution in [0.3, 0.4) is 0 Å². The molecule has 0 bridgehead atoms. The van der Waals surface area contributed by atoms with E-state index in [-0.39, 0.29) is 27.9 Å². The van der Waals surface area contributed by atoms with Crippen LogP contribution < -0.4 is 5.32 Å². The number of rotatable bonds is 7. The van der Waals surface area contributed by atoms with E-state index in [4.69, 9.17) is 23.2 Å². The molecule has 0 amide bonds. The highest BCUT2D eigenvalue weighted by molar-refractivity contribution is 7.86. The molecule has 35 heavy (non-hydrogen) atoms. The average Bonchev–Trinajstić information content (AvgIpc) is 2.82. The Morgan fingerprint density at radius 1 is 0.714 bits per heavy atom. The van der Waals surface area contributed by atoms with E-state index in [1.54, 1.807) is 48.5 Å². The van der Waals surface area contributed by atoms with Gasteiger partial charge in [-0.1, -0.05) is 18.2 Å². The zero-order chi connectivity index (χ0) is 24.8. The highest BCUT2D eigenvalue weighted by atomic mass is 35.5. The second-order valence-electron chi connectivity index (χ2n) is 6.73. The van der Waals surface area contributed by atoms with E-state index in [0.29, 0.717) is 17.1 Å². The van der Waals surface area contributed by atoms with E-state index in [1.807, 2.05) is 6.07 Å². The van der Waals surface area contributed by atoms with Crippen molar-refractivity contribution in [1.29, 1.82) is 0 Å². The van der Waals surface area contributed by atoms with Crippen LogP contribution in [0.4, 0.5) is 34.4 Å². The highest BCUT2D eigenvalue weighted by Crippen LogP contribution is 2.31. The van der Waals surface area contributed by atoms with Crippen molar-refractivity contribution >= 4 is 67.7 Å². The van der Waals surface area contributed by atoms with Gasteiger partial charge >= 0.3 is 0 Å². The van der Waals surface area contributed by atoms with Crippen LogP contribution in [0.5, 0.6) is 0 Å². The molecule has 4 rings (SSSR count). The number of nitrogens with zero attached hydrogens (tertiary/aromatic N) is 7. The third-order valence-corrected chi connectivity index (χ3v) is 5.46. The number of hydrogen-bond acceptors (Lipinski definition) is 10. The second kappa shape index (κ2) is 10.6. The van der Waals surface area contributed by atoms with E-state index < -0.39 is 15.0 Å². The smallest absolute Gasteiger partial charge is 0.296 e. The van der Waals surface area contributed by atoms with Gasteiger partial charge in [-0.25, -0.2) is 0 Å². The normalized spacial score (nSPS) is 11.9. The Labute approximate surface area is 209 Å². The van der Waals surface area contributed by atoms with Crippen LogP contribution in [0.2, 0.25) is 10.6 Å². The minimum absolute atomic E-state index is 0.0554. The van der Waals surface area contributed by atoms with Crippen molar-refractivity contribution < 1.29 is 13.0 Å². The first-order valence-corrected chi connectivity index (χ1v) is 11.9. The lowest BCUT2D eigenvalue weighted by Crippen LogP contribution is -1.99. The molecular weight excluding hydrogens is 515 g/mol. The van der Waals surface area contributed by atoms with Gasteiger partial charge in [0.25, 0.3) is 10.1 Å². The number of anilines is 2. The summed E-state index contributed by atoms with van der Waals surface area (Å²) in [6.07, 6.45) is 0. The first-order valence-electron chi connectivity index (χ1n) is 9.70. The molecule has 0 aliphatic rings. The van der Waals surface area contributed by atoms with E-state index in [0.717, 1.165) is 6.07 Å². The summed E-state index contributed by atoms with van der Waals surface area (Å²) in [7, 11) is -4.60. The molecule has 0 saturated heterocycles. The van der Waals surface area contributed by atoms with Gasteiger partial charge in [-0.2, -0.15) is 38.7 Å². The van der Waals surface area contributed by atoms with Crippen LogP contribution in [0.1, 0.15) is 0 Å². The molecule has 0 aliphatic carbocycles. The lowest BCUT2D eigenvalue weighted by molar-refractivity contribution is 0.483. The molecule has 2 N–H and O–H groups in total. The number of nitrogens with one attached hydrogen (secondary N) is 1. The van der Waals surface area contributed by atoms with Crippen LogP contribution in [-0.2, 0) is 10.1 Å². The Kier molecular flexibility index (Phi) is 7.36. The number of hydrogen-bond donors (Lipinski definition) is 2. The Hall–Kier alpha value is -3.84. The third-order valence-electron chi connectivity index (χ3n) is 4.24. The molecular formula is C21H14Cl2N8O3S. The van der Waals surface area contributed by atoms with E-state index in [9.17, 15) is 13.0 Å². The fraction of sp³-hybridized carbons (Fsp3) is 0. The van der Waals surface area contributed by atoms with Gasteiger partial charge in [-0.15, -0.1) is 5.11 Å². The summed E-state index contributed by atoms with van der Waals surface area (Å²) in [6, 6.07) is 19.5. The fourth-order valence-corrected chi connectivity index (χ4v) is 3.70. The van der Waals surface area contributed by atoms with Gasteiger partial charge in [0.15, 0.2) is 0 Å². The minimum atomic E-state index is -4.60. The highest BCUT2D eigenvalue weighted by Gasteiger charge is 2.16. The van der Waals surface area contributed by atoms with Crippen LogP contribution in [-0.4, -0.2) is 27.9 Å². The molecule has 0 saturated carbocycles. The SMILES string of the molecule is O=S(=O)(O)c1cc(N=Nc2ccccc2)ccc1N=Nc1ccc(Nc2nc(Cl)nc(Cl)n2)cc1. The fourth-order valence-electron chi connectivity index (χ4n) is 2.70. The van der Waals surface area contributed by atoms with E-state index in [1.165, 1.54) is 12.1 Å². The van der Waals surface area contributed by atoms with Gasteiger partial charge in [-0.3, -0.25) is 4.55 Å². The molecule has 14 heteroatoms. The van der Waals surface area contributed by atoms with Crippen molar-refractivity contribution in [3.05, 3.63) is 83.4 Å². The van der Waals surface area contributed by atoms with Gasteiger partial charge < -0.3 is 5.32 Å². The maximum Gasteiger partial charge on any atom is 0.296 e. The van der Waals surface area contributed by atoms with Gasteiger partial charge in [-0.05, 0) is 77.8 Å². The van der Waals surface area contributed by atoms with Gasteiger partial charge in [0, 0.05) is 5.69 Å². The Morgan fingerprint density at radius 3 is 1.94 bits per heavy atom. The molecule has 0 aliphatic heterocycles. The molecule has 0 unspecified atom stereocenters. The van der Waals surface area contributed by atoms with Gasteiger partial charge in [0.05, 0.1) is 17.1 Å². The maximum absolute atomic E-state index is 11.9. The number of azo groups is 2. The van der Waals surface area contributed by atoms with Crippen LogP contribution in [0.25, 0.3) is 0 Å². The summed E-state index contributed by atoms with van der Waals surface area (Å²) in [5.74, 6) is 0.159. The lowest BCUT2D eigenvalue weighted by atomic mass is 10.3. The molecule has 1 aromatic heterocycles. The molecule has 11 nitrogen and oxygen atoms in total. The maximum atomic E-state index is 11.9. The Morgan fingerprint density at radius 2 is 1.29 bits per heavy atom. The van der Waals surface area contributed by atoms with Crippen molar-refractivity contribution in [2.75, 3.05) is 5.32 Å². The van der Waals surface area contributed by atoms with Crippen LogP contribution >= 0.6 is 23.2 Å². The standard InChI is InChI=1S/C21H14Cl2N8O3S/c22-19-25-20(23)27-21(26-19)24-13-6-8-15(9-7-13)29-31-17-11-10-16(12-18(17)35(32,33)34)30-28-14-4-2-1-3-5-14/h1-12H,(H,32,33,34)(H,24,25,26,27). The third kappa shape index (κ3) is 6.83. The molecule has 0 radical (unpaired) electrons. The Balaban J connectivity index is 1.53. The molecule has 3 aromatic carbocycles. The topological polar surface area (TPSA) is 155 Å². The Bertz CT molecular complexity index is 1500. The summed E-state index contributed by atoms with van der Waals surface area (Å²) < 4.78 is 33.4. The van der Waals surface area contributed by atoms with Crippen molar-refractivity contribution in [2.45, 2.75) is 4.90 Å². The summed E-state index contributed by atoms with van der Waals surface area (Å²) in [5.41, 5.74) is 1.76. The quantitative estimate of drug-likeness (QED) is 0.193. The summed E-state index contributed by atoms with van der Waals surface area (Å²) in [6.45, 7) is 0. The number of benzene rings is 3. The molecule has 0 atom stereocenters. The lowest BCUT2D eigenvalue weighted by Gasteiger charge is -2.05. The largest absolute Gasteiger partial charge is 0.324 e. The van der Waals surface area contributed by atoms with E-state index >= 15 is 0 Å². The summed E-state index contributed by atoms with van der Waals surface area (Å²) in [5, 5.41) is 18.8. The van der Waals surface area contributed by atoms with Crippen molar-refractivity contribution in [3.63, 3.8) is 0 Å². The zero-order valence-electron chi connectivity index (χ0n) is 17.5. The zero-order valence-corrected chi connectivity index (χ0v) is 19.8. The number of halogens is 2. The van der Waals surface area contributed by atoms with Gasteiger partial charge in [0.1, 0.15) is 10.6 Å². The van der Waals surface area contributed by atoms with Crippen molar-refractivity contribution in [3.8, 4) is 0 Å². The summed E-state index contributed by atoms with van der Waals surface area (Å²) >= 11 is 11.5. The average molecular weight is 529 g/mol. The van der Waals surface area contributed by atoms with Crippen molar-refractivity contribution in [1.82, 2.24) is 15.0 Å². The monoisotopic (exact) mass is 528 g/mol. The van der Waals surface area contributed by atoms with Crippen LogP contribution in [0.15, 0.2) is 98.1 Å². The summed E-state index contributed by atoms with van der Waals surface area (Å²) in [4.78, 5) is 11.0. The minimum Gasteiger partial charge on any atom is -0.324 e. The van der Waals surface area contributed by atoms with Gasteiger partial charge in [0.2, 0.25) is 16.5 Å². The molecule has 0 fully saturated rings. The first kappa shape index (κ1) is 24.3. The number of aromatic nitrogens is 3. The van der Waals surface area contributed by atoms with E-state index in [2.05, 4.69) is 40.7 Å². The van der Waals surface area contributed by atoms with Crippen molar-refractivity contribution in [2.24, 2.45) is 20.5 Å².